The predicted molar refractivity (Wildman–Crippen MR) is 58.1 cm³/mol. The molecule has 0 amide bonds. The van der Waals surface area contributed by atoms with Crippen LogP contribution in [0.5, 0.6) is 0 Å². The zero-order valence-corrected chi connectivity index (χ0v) is 9.01. The molecule has 0 spiro atoms. The van der Waals surface area contributed by atoms with Crippen LogP contribution >= 0.6 is 0 Å². The van der Waals surface area contributed by atoms with Gasteiger partial charge in [0, 0.05) is 25.1 Å². The standard InChI is InChI=1S/C11H13N3O2/c1-3-10(11(15)16-4-2)14-8-9-7-12-5-6-13-9/h1,5-7,10,14H,4,8H2,2H3. The molecule has 1 aromatic heterocycles. The lowest BCUT2D eigenvalue weighted by atomic mass is 10.3. The van der Waals surface area contributed by atoms with E-state index in [-0.39, 0.29) is 0 Å². The van der Waals surface area contributed by atoms with Crippen molar-refractivity contribution in [1.82, 2.24) is 15.3 Å². The number of hydrogen-bond donors (Lipinski definition) is 1. The Morgan fingerprint density at radius 2 is 2.50 bits per heavy atom. The SMILES string of the molecule is C#CC(NCc1cnccn1)C(=O)OCC. The average molecular weight is 219 g/mol. The lowest BCUT2D eigenvalue weighted by Gasteiger charge is -2.10. The monoisotopic (exact) mass is 219 g/mol. The van der Waals surface area contributed by atoms with E-state index in [2.05, 4.69) is 21.2 Å². The van der Waals surface area contributed by atoms with Crippen LogP contribution in [0.2, 0.25) is 0 Å². The van der Waals surface area contributed by atoms with Gasteiger partial charge < -0.3 is 4.74 Å². The molecular formula is C11H13N3O2. The minimum absolute atomic E-state index is 0.309. The van der Waals surface area contributed by atoms with Gasteiger partial charge in [0.15, 0.2) is 6.04 Å². The second-order valence-corrected chi connectivity index (χ2v) is 2.93. The van der Waals surface area contributed by atoms with E-state index < -0.39 is 12.0 Å². The third kappa shape index (κ3) is 3.67. The zero-order valence-electron chi connectivity index (χ0n) is 9.01. The summed E-state index contributed by atoms with van der Waals surface area (Å²) in [6, 6.07) is -0.748. The Morgan fingerprint density at radius 3 is 3.06 bits per heavy atom. The molecule has 16 heavy (non-hydrogen) atoms. The summed E-state index contributed by atoms with van der Waals surface area (Å²) in [5.74, 6) is 1.87. The number of nitrogens with one attached hydrogen (secondary N) is 1. The van der Waals surface area contributed by atoms with Crippen LogP contribution in [0.4, 0.5) is 0 Å². The minimum atomic E-state index is -0.748. The zero-order chi connectivity index (χ0) is 11.8. The maximum absolute atomic E-state index is 11.3. The molecule has 1 N–H and O–H groups in total. The Bertz CT molecular complexity index is 373. The lowest BCUT2D eigenvalue weighted by Crippen LogP contribution is -2.36. The van der Waals surface area contributed by atoms with Crippen molar-refractivity contribution in [2.45, 2.75) is 19.5 Å². The molecule has 0 aliphatic carbocycles. The van der Waals surface area contributed by atoms with Crippen molar-refractivity contribution < 1.29 is 9.53 Å². The van der Waals surface area contributed by atoms with Crippen LogP contribution in [0.25, 0.3) is 0 Å². The van der Waals surface area contributed by atoms with E-state index in [0.717, 1.165) is 0 Å². The molecule has 0 fully saturated rings. The maximum atomic E-state index is 11.3. The van der Waals surface area contributed by atoms with Gasteiger partial charge in [-0.25, -0.2) is 4.79 Å². The highest BCUT2D eigenvalue weighted by Crippen LogP contribution is 1.93. The second-order valence-electron chi connectivity index (χ2n) is 2.93. The van der Waals surface area contributed by atoms with Gasteiger partial charge in [-0.2, -0.15) is 0 Å². The quantitative estimate of drug-likeness (QED) is 0.563. The van der Waals surface area contributed by atoms with Crippen LogP contribution in [0.3, 0.4) is 0 Å². The molecule has 5 heteroatoms. The highest BCUT2D eigenvalue weighted by Gasteiger charge is 2.15. The molecule has 1 unspecified atom stereocenters. The molecule has 1 aromatic rings. The van der Waals surface area contributed by atoms with Crippen LogP contribution in [-0.2, 0) is 16.1 Å². The summed E-state index contributed by atoms with van der Waals surface area (Å²) in [7, 11) is 0. The van der Waals surface area contributed by atoms with Gasteiger partial charge in [0.25, 0.3) is 0 Å². The van der Waals surface area contributed by atoms with Crippen LogP contribution in [0, 0.1) is 12.3 Å². The summed E-state index contributed by atoms with van der Waals surface area (Å²) < 4.78 is 4.80. The van der Waals surface area contributed by atoms with Gasteiger partial charge in [-0.1, -0.05) is 5.92 Å². The van der Waals surface area contributed by atoms with Crippen LogP contribution in [0.15, 0.2) is 18.6 Å². The summed E-state index contributed by atoms with van der Waals surface area (Å²) in [5.41, 5.74) is 0.715. The summed E-state index contributed by atoms with van der Waals surface area (Å²) in [6.07, 6.45) is 9.97. The molecule has 0 radical (unpaired) electrons. The first-order valence-electron chi connectivity index (χ1n) is 4.89. The van der Waals surface area contributed by atoms with Crippen molar-refractivity contribution in [3.05, 3.63) is 24.3 Å². The van der Waals surface area contributed by atoms with Crippen molar-refractivity contribution >= 4 is 5.97 Å². The van der Waals surface area contributed by atoms with E-state index in [4.69, 9.17) is 11.2 Å². The number of carbonyl (C=O) groups excluding carboxylic acids is 1. The fraction of sp³-hybridized carbons (Fsp3) is 0.364. The molecule has 1 rings (SSSR count). The molecule has 0 bridgehead atoms. The van der Waals surface area contributed by atoms with Crippen molar-refractivity contribution in [3.63, 3.8) is 0 Å². The first-order valence-corrected chi connectivity index (χ1v) is 4.89. The van der Waals surface area contributed by atoms with Gasteiger partial charge in [0.05, 0.1) is 12.3 Å². The highest BCUT2D eigenvalue weighted by atomic mass is 16.5. The van der Waals surface area contributed by atoms with E-state index in [1.54, 1.807) is 25.5 Å². The molecule has 84 valence electrons. The molecule has 0 aliphatic heterocycles. The van der Waals surface area contributed by atoms with Gasteiger partial charge in [-0.3, -0.25) is 15.3 Å². The molecule has 0 saturated heterocycles. The Kier molecular flexibility index (Phi) is 4.96. The van der Waals surface area contributed by atoms with E-state index in [9.17, 15) is 4.79 Å². The number of terminal acetylenes is 1. The van der Waals surface area contributed by atoms with E-state index in [1.165, 1.54) is 0 Å². The highest BCUT2D eigenvalue weighted by molar-refractivity contribution is 5.79. The topological polar surface area (TPSA) is 64.1 Å². The van der Waals surface area contributed by atoms with E-state index in [0.29, 0.717) is 18.8 Å². The number of hydrogen-bond acceptors (Lipinski definition) is 5. The summed E-state index contributed by atoms with van der Waals surface area (Å²) in [5, 5.41) is 2.86. The van der Waals surface area contributed by atoms with Crippen molar-refractivity contribution in [2.75, 3.05) is 6.61 Å². The Hall–Kier alpha value is -1.93. The Labute approximate surface area is 94.2 Å². The fourth-order valence-corrected chi connectivity index (χ4v) is 1.06. The van der Waals surface area contributed by atoms with Crippen molar-refractivity contribution in [3.8, 4) is 12.3 Å². The first kappa shape index (κ1) is 12.1. The van der Waals surface area contributed by atoms with E-state index in [1.807, 2.05) is 0 Å². The average Bonchev–Trinajstić information content (AvgIpc) is 2.31. The summed E-state index contributed by atoms with van der Waals surface area (Å²) >= 11 is 0. The molecule has 1 atom stereocenters. The van der Waals surface area contributed by atoms with Gasteiger partial charge in [-0.15, -0.1) is 6.42 Å². The molecule has 0 aliphatic rings. The number of carbonyl (C=O) groups is 1. The first-order chi connectivity index (χ1) is 7.77. The third-order valence-corrected chi connectivity index (χ3v) is 1.79. The largest absolute Gasteiger partial charge is 0.464 e. The molecule has 0 aromatic carbocycles. The predicted octanol–water partition coefficient (Wildman–Crippen LogP) is 0.131. The lowest BCUT2D eigenvalue weighted by molar-refractivity contribution is -0.144. The molecule has 1 heterocycles. The Balaban J connectivity index is 2.47. The molecule has 0 saturated carbocycles. The van der Waals surface area contributed by atoms with Gasteiger partial charge in [0.1, 0.15) is 0 Å². The van der Waals surface area contributed by atoms with Gasteiger partial charge in [0.2, 0.25) is 0 Å². The van der Waals surface area contributed by atoms with Crippen molar-refractivity contribution in [1.29, 1.82) is 0 Å². The Morgan fingerprint density at radius 1 is 1.69 bits per heavy atom. The fourth-order valence-electron chi connectivity index (χ4n) is 1.06. The number of aromatic nitrogens is 2. The summed E-state index contributed by atoms with van der Waals surface area (Å²) in [6.45, 7) is 2.42. The number of ether oxygens (including phenoxy) is 1. The normalized spacial score (nSPS) is 11.5. The van der Waals surface area contributed by atoms with E-state index >= 15 is 0 Å². The number of nitrogens with zero attached hydrogens (tertiary/aromatic N) is 2. The van der Waals surface area contributed by atoms with Crippen LogP contribution in [-0.4, -0.2) is 28.6 Å². The summed E-state index contributed by atoms with van der Waals surface area (Å²) in [4.78, 5) is 19.3. The van der Waals surface area contributed by atoms with Gasteiger partial charge in [-0.05, 0) is 6.92 Å². The molecular weight excluding hydrogens is 206 g/mol. The minimum Gasteiger partial charge on any atom is -0.464 e. The van der Waals surface area contributed by atoms with Crippen LogP contribution in [0.1, 0.15) is 12.6 Å². The smallest absolute Gasteiger partial charge is 0.335 e. The van der Waals surface area contributed by atoms with Crippen LogP contribution < -0.4 is 5.32 Å². The number of esters is 1. The second kappa shape index (κ2) is 6.53. The third-order valence-electron chi connectivity index (χ3n) is 1.79. The molecule has 5 nitrogen and oxygen atoms in total. The van der Waals surface area contributed by atoms with Gasteiger partial charge >= 0.3 is 5.97 Å². The van der Waals surface area contributed by atoms with Crippen molar-refractivity contribution in [2.24, 2.45) is 0 Å². The maximum Gasteiger partial charge on any atom is 0.335 e. The number of rotatable bonds is 5.